The Bertz CT molecular complexity index is 238. The second-order valence-electron chi connectivity index (χ2n) is 2.17. The number of aldehydes is 1. The summed E-state index contributed by atoms with van der Waals surface area (Å²) >= 11 is 5.56. The Kier molecular flexibility index (Phi) is 6.34. The fourth-order valence-electron chi connectivity index (χ4n) is 0.580. The van der Waals surface area contributed by atoms with Gasteiger partial charge in [-0.3, -0.25) is 4.79 Å². The summed E-state index contributed by atoms with van der Waals surface area (Å²) in [5, 5.41) is 3.35. The molecule has 1 N–H and O–H groups in total. The molecular formula is C9H12ClNO. The van der Waals surface area contributed by atoms with Crippen LogP contribution in [0.1, 0.15) is 10.4 Å². The van der Waals surface area contributed by atoms with E-state index in [0.717, 1.165) is 6.29 Å². The minimum atomic E-state index is 0.597. The van der Waals surface area contributed by atoms with Crippen LogP contribution in [0.15, 0.2) is 24.3 Å². The van der Waals surface area contributed by atoms with Crippen molar-refractivity contribution in [2.75, 3.05) is 14.1 Å². The molecule has 66 valence electrons. The van der Waals surface area contributed by atoms with Crippen LogP contribution < -0.4 is 5.32 Å². The van der Waals surface area contributed by atoms with E-state index < -0.39 is 0 Å². The molecule has 12 heavy (non-hydrogen) atoms. The van der Waals surface area contributed by atoms with Crippen LogP contribution in [0.25, 0.3) is 0 Å². The van der Waals surface area contributed by atoms with Gasteiger partial charge in [0.05, 0.1) is 0 Å². The van der Waals surface area contributed by atoms with E-state index in [1.807, 2.05) is 14.1 Å². The number of nitrogens with one attached hydrogen (secondary N) is 1. The van der Waals surface area contributed by atoms with Crippen molar-refractivity contribution in [1.82, 2.24) is 5.32 Å². The minimum absolute atomic E-state index is 0.597. The third-order valence-electron chi connectivity index (χ3n) is 0.985. The smallest absolute Gasteiger partial charge is 0.150 e. The maximum atomic E-state index is 10.1. The van der Waals surface area contributed by atoms with E-state index in [4.69, 9.17) is 11.6 Å². The Hall–Kier alpha value is -0.860. The van der Waals surface area contributed by atoms with Gasteiger partial charge in [0.2, 0.25) is 0 Å². The molecule has 0 bridgehead atoms. The number of hydrogen-bond acceptors (Lipinski definition) is 2. The maximum absolute atomic E-state index is 10.1. The third-order valence-corrected chi connectivity index (χ3v) is 1.22. The van der Waals surface area contributed by atoms with Crippen molar-refractivity contribution >= 4 is 17.9 Å². The van der Waals surface area contributed by atoms with E-state index in [-0.39, 0.29) is 0 Å². The van der Waals surface area contributed by atoms with Crippen molar-refractivity contribution in [3.63, 3.8) is 0 Å². The van der Waals surface area contributed by atoms with Crippen LogP contribution in [0.4, 0.5) is 0 Å². The molecule has 0 saturated carbocycles. The first kappa shape index (κ1) is 11.1. The maximum Gasteiger partial charge on any atom is 0.150 e. The summed E-state index contributed by atoms with van der Waals surface area (Å²) in [6.07, 6.45) is 0.770. The van der Waals surface area contributed by atoms with Crippen molar-refractivity contribution < 1.29 is 4.79 Å². The van der Waals surface area contributed by atoms with E-state index in [1.54, 1.807) is 24.3 Å². The van der Waals surface area contributed by atoms with Gasteiger partial charge in [-0.1, -0.05) is 23.7 Å². The zero-order chi connectivity index (χ0) is 9.40. The number of carbonyl (C=O) groups is 1. The van der Waals surface area contributed by atoms with Crippen molar-refractivity contribution in [3.05, 3.63) is 34.9 Å². The molecular weight excluding hydrogens is 174 g/mol. The highest BCUT2D eigenvalue weighted by molar-refractivity contribution is 6.30. The standard InChI is InChI=1S/C7H5ClO.C2H7N/c8-7-3-1-2-6(4-7)5-9;1-3-2/h1-5H;3H,1-2H3. The van der Waals surface area contributed by atoms with Crippen LogP contribution in [0.3, 0.4) is 0 Å². The molecule has 0 heterocycles. The molecule has 0 saturated heterocycles. The Morgan fingerprint density at radius 1 is 1.42 bits per heavy atom. The molecule has 1 rings (SSSR count). The quantitative estimate of drug-likeness (QED) is 0.678. The summed E-state index contributed by atoms with van der Waals surface area (Å²) in [5.41, 5.74) is 0.613. The molecule has 0 atom stereocenters. The number of carbonyl (C=O) groups excluding carboxylic acids is 1. The lowest BCUT2D eigenvalue weighted by atomic mass is 10.2. The van der Waals surface area contributed by atoms with Crippen LogP contribution in [0, 0.1) is 0 Å². The van der Waals surface area contributed by atoms with Gasteiger partial charge in [-0.2, -0.15) is 0 Å². The lowest BCUT2D eigenvalue weighted by Crippen LogP contribution is -1.89. The molecule has 1 aromatic rings. The average molecular weight is 186 g/mol. The van der Waals surface area contributed by atoms with Crippen molar-refractivity contribution in [3.8, 4) is 0 Å². The molecule has 0 aliphatic carbocycles. The van der Waals surface area contributed by atoms with Gasteiger partial charge in [0, 0.05) is 10.6 Å². The number of benzene rings is 1. The summed E-state index contributed by atoms with van der Waals surface area (Å²) in [5.74, 6) is 0. The largest absolute Gasteiger partial charge is 0.323 e. The zero-order valence-electron chi connectivity index (χ0n) is 7.17. The van der Waals surface area contributed by atoms with Crippen molar-refractivity contribution in [2.24, 2.45) is 0 Å². The first-order chi connectivity index (χ1) is 5.74. The van der Waals surface area contributed by atoms with Gasteiger partial charge < -0.3 is 5.32 Å². The second-order valence-corrected chi connectivity index (χ2v) is 2.61. The Balaban J connectivity index is 0.000000354. The zero-order valence-corrected chi connectivity index (χ0v) is 7.93. The van der Waals surface area contributed by atoms with Gasteiger partial charge in [-0.25, -0.2) is 0 Å². The Morgan fingerprint density at radius 2 is 2.00 bits per heavy atom. The van der Waals surface area contributed by atoms with E-state index in [9.17, 15) is 4.79 Å². The molecule has 0 spiro atoms. The topological polar surface area (TPSA) is 29.1 Å². The monoisotopic (exact) mass is 185 g/mol. The highest BCUT2D eigenvalue weighted by atomic mass is 35.5. The Labute approximate surface area is 77.5 Å². The molecule has 0 radical (unpaired) electrons. The summed E-state index contributed by atoms with van der Waals surface area (Å²) in [6.45, 7) is 0. The van der Waals surface area contributed by atoms with Crippen LogP contribution in [-0.4, -0.2) is 20.4 Å². The van der Waals surface area contributed by atoms with Gasteiger partial charge in [0.15, 0.2) is 0 Å². The molecule has 1 aromatic carbocycles. The van der Waals surface area contributed by atoms with Gasteiger partial charge in [0.1, 0.15) is 6.29 Å². The fraction of sp³-hybridized carbons (Fsp3) is 0.222. The van der Waals surface area contributed by atoms with E-state index in [0.29, 0.717) is 10.6 Å². The molecule has 0 aliphatic heterocycles. The van der Waals surface area contributed by atoms with Gasteiger partial charge >= 0.3 is 0 Å². The molecule has 3 heteroatoms. The fourth-order valence-corrected chi connectivity index (χ4v) is 0.779. The normalized spacial score (nSPS) is 8.25. The highest BCUT2D eigenvalue weighted by Crippen LogP contribution is 2.08. The average Bonchev–Trinajstić information content (AvgIpc) is 2.06. The first-order valence-corrected chi connectivity index (χ1v) is 3.91. The summed E-state index contributed by atoms with van der Waals surface area (Å²) < 4.78 is 0. The van der Waals surface area contributed by atoms with Crippen LogP contribution in [0.5, 0.6) is 0 Å². The predicted molar refractivity (Wildman–Crippen MR) is 51.8 cm³/mol. The Morgan fingerprint density at radius 3 is 2.33 bits per heavy atom. The summed E-state index contributed by atoms with van der Waals surface area (Å²) in [7, 11) is 3.75. The van der Waals surface area contributed by atoms with E-state index in [2.05, 4.69) is 5.32 Å². The SMILES string of the molecule is CNC.O=Cc1cccc(Cl)c1. The van der Waals surface area contributed by atoms with Crippen LogP contribution >= 0.6 is 11.6 Å². The molecule has 0 unspecified atom stereocenters. The van der Waals surface area contributed by atoms with Crippen molar-refractivity contribution in [2.45, 2.75) is 0 Å². The minimum Gasteiger partial charge on any atom is -0.323 e. The van der Waals surface area contributed by atoms with Crippen molar-refractivity contribution in [1.29, 1.82) is 0 Å². The summed E-state index contributed by atoms with van der Waals surface area (Å²) in [6, 6.07) is 6.80. The predicted octanol–water partition coefficient (Wildman–Crippen LogP) is 1.99. The van der Waals surface area contributed by atoms with Gasteiger partial charge in [0.25, 0.3) is 0 Å². The molecule has 0 fully saturated rings. The van der Waals surface area contributed by atoms with E-state index in [1.165, 1.54) is 0 Å². The third kappa shape index (κ3) is 4.88. The lowest BCUT2D eigenvalue weighted by Gasteiger charge is -1.88. The lowest BCUT2D eigenvalue weighted by molar-refractivity contribution is 0.112. The van der Waals surface area contributed by atoms with Gasteiger partial charge in [-0.15, -0.1) is 0 Å². The number of hydrogen-bond donors (Lipinski definition) is 1. The second kappa shape index (κ2) is 6.83. The van der Waals surface area contributed by atoms with Crippen LogP contribution in [0.2, 0.25) is 5.02 Å². The number of rotatable bonds is 1. The molecule has 0 aromatic heterocycles. The molecule has 0 amide bonds. The van der Waals surface area contributed by atoms with Crippen LogP contribution in [-0.2, 0) is 0 Å². The highest BCUT2D eigenvalue weighted by Gasteiger charge is 1.87. The molecule has 2 nitrogen and oxygen atoms in total. The molecule has 0 aliphatic rings. The summed E-state index contributed by atoms with van der Waals surface area (Å²) in [4.78, 5) is 10.1. The van der Waals surface area contributed by atoms with E-state index >= 15 is 0 Å². The number of halogens is 1. The van der Waals surface area contributed by atoms with Gasteiger partial charge in [-0.05, 0) is 26.2 Å². The first-order valence-electron chi connectivity index (χ1n) is 3.53.